The maximum absolute atomic E-state index is 2.54. The van der Waals surface area contributed by atoms with Gasteiger partial charge in [-0.25, -0.2) is 0 Å². The summed E-state index contributed by atoms with van der Waals surface area (Å²) >= 11 is 0. The molecule has 0 spiro atoms. The van der Waals surface area contributed by atoms with Crippen molar-refractivity contribution < 1.29 is 0 Å². The van der Waals surface area contributed by atoms with E-state index in [9.17, 15) is 0 Å². The topological polar surface area (TPSA) is 0 Å². The van der Waals surface area contributed by atoms with Gasteiger partial charge in [0.25, 0.3) is 0 Å². The second-order valence-electron chi connectivity index (χ2n) is 7.05. The molecule has 0 aromatic carbocycles. The van der Waals surface area contributed by atoms with Gasteiger partial charge in [-0.2, -0.15) is 0 Å². The van der Waals surface area contributed by atoms with Crippen molar-refractivity contribution in [1.82, 2.24) is 0 Å². The van der Waals surface area contributed by atoms with E-state index in [1.54, 1.807) is 5.57 Å². The zero-order valence-corrected chi connectivity index (χ0v) is 10.7. The molecule has 2 saturated carbocycles. The summed E-state index contributed by atoms with van der Waals surface area (Å²) in [6.07, 6.45) is 7.22. The van der Waals surface area contributed by atoms with E-state index in [4.69, 9.17) is 0 Å². The highest BCUT2D eigenvalue weighted by Gasteiger charge is 2.64. The van der Waals surface area contributed by atoms with Crippen LogP contribution in [0.4, 0.5) is 0 Å². The van der Waals surface area contributed by atoms with Crippen LogP contribution in [0.2, 0.25) is 0 Å². The SMILES string of the molecule is CC1=C2[C@@H]3[C@H](CC[C@@]2(C)CCC1)C3(C)C. The monoisotopic (exact) mass is 204 g/mol. The highest BCUT2D eigenvalue weighted by Crippen LogP contribution is 2.72. The number of hydrogen-bond donors (Lipinski definition) is 0. The molecule has 15 heavy (non-hydrogen) atoms. The Kier molecular flexibility index (Phi) is 1.79. The zero-order chi connectivity index (χ0) is 10.8. The fraction of sp³-hybridized carbons (Fsp3) is 0.867. The summed E-state index contributed by atoms with van der Waals surface area (Å²) in [5.74, 6) is 1.98. The zero-order valence-electron chi connectivity index (χ0n) is 10.7. The summed E-state index contributed by atoms with van der Waals surface area (Å²) in [6.45, 7) is 9.92. The van der Waals surface area contributed by atoms with Crippen LogP contribution < -0.4 is 0 Å². The van der Waals surface area contributed by atoms with Gasteiger partial charge in [-0.05, 0) is 61.7 Å². The van der Waals surface area contributed by atoms with E-state index in [0.717, 1.165) is 11.8 Å². The molecular formula is C15H24. The van der Waals surface area contributed by atoms with Gasteiger partial charge < -0.3 is 0 Å². The second kappa shape index (κ2) is 2.70. The van der Waals surface area contributed by atoms with Gasteiger partial charge in [0.05, 0.1) is 0 Å². The molecule has 0 heterocycles. The highest BCUT2D eigenvalue weighted by atomic mass is 14.7. The summed E-state index contributed by atoms with van der Waals surface area (Å²) in [5.41, 5.74) is 4.88. The molecule has 2 fully saturated rings. The average molecular weight is 204 g/mol. The normalized spacial score (nSPS) is 47.2. The van der Waals surface area contributed by atoms with Crippen molar-refractivity contribution in [1.29, 1.82) is 0 Å². The van der Waals surface area contributed by atoms with Gasteiger partial charge >= 0.3 is 0 Å². The summed E-state index contributed by atoms with van der Waals surface area (Å²) < 4.78 is 0. The van der Waals surface area contributed by atoms with E-state index in [0.29, 0.717) is 10.8 Å². The molecule has 0 amide bonds. The van der Waals surface area contributed by atoms with Crippen LogP contribution in [-0.4, -0.2) is 0 Å². The van der Waals surface area contributed by atoms with Crippen LogP contribution >= 0.6 is 0 Å². The van der Waals surface area contributed by atoms with Crippen LogP contribution in [0.1, 0.15) is 59.8 Å². The average Bonchev–Trinajstić information content (AvgIpc) is 2.68. The van der Waals surface area contributed by atoms with Crippen LogP contribution in [0.25, 0.3) is 0 Å². The summed E-state index contributed by atoms with van der Waals surface area (Å²) in [6, 6.07) is 0. The molecule has 0 saturated heterocycles. The van der Waals surface area contributed by atoms with Crippen molar-refractivity contribution in [2.45, 2.75) is 59.8 Å². The molecule has 0 N–H and O–H groups in total. The first kappa shape index (κ1) is 9.93. The van der Waals surface area contributed by atoms with Crippen molar-refractivity contribution in [2.24, 2.45) is 22.7 Å². The molecule has 0 heteroatoms. The Morgan fingerprint density at radius 1 is 1.13 bits per heavy atom. The predicted molar refractivity (Wildman–Crippen MR) is 64.7 cm³/mol. The van der Waals surface area contributed by atoms with E-state index in [1.165, 1.54) is 32.1 Å². The van der Waals surface area contributed by atoms with Gasteiger partial charge in [-0.15, -0.1) is 0 Å². The lowest BCUT2D eigenvalue weighted by atomic mass is 9.64. The van der Waals surface area contributed by atoms with E-state index < -0.39 is 0 Å². The predicted octanol–water partition coefficient (Wildman–Crippen LogP) is 4.56. The molecule has 84 valence electrons. The van der Waals surface area contributed by atoms with Crippen molar-refractivity contribution in [2.75, 3.05) is 0 Å². The lowest BCUT2D eigenvalue weighted by Gasteiger charge is -2.41. The van der Waals surface area contributed by atoms with E-state index in [2.05, 4.69) is 27.7 Å². The standard InChI is InChI=1S/C15H24/c1-10-6-5-8-15(4)9-7-11-13(12(10)15)14(11,2)3/h11,13H,5-9H2,1-4H3/t11-,13-,15+/m0/s1. The number of fused-ring (bicyclic) bond motifs is 3. The van der Waals surface area contributed by atoms with Gasteiger partial charge in [-0.1, -0.05) is 31.9 Å². The molecule has 3 aliphatic carbocycles. The molecule has 0 aromatic rings. The van der Waals surface area contributed by atoms with Crippen LogP contribution in [0.5, 0.6) is 0 Å². The van der Waals surface area contributed by atoms with Crippen molar-refractivity contribution >= 4 is 0 Å². The summed E-state index contributed by atoms with van der Waals surface area (Å²) in [5, 5.41) is 0. The summed E-state index contributed by atoms with van der Waals surface area (Å²) in [4.78, 5) is 0. The molecular weight excluding hydrogens is 180 g/mol. The molecule has 0 radical (unpaired) electrons. The van der Waals surface area contributed by atoms with Gasteiger partial charge in [0, 0.05) is 0 Å². The molecule has 0 aliphatic heterocycles. The first-order chi connectivity index (χ1) is 6.97. The Labute approximate surface area is 94.1 Å². The third-order valence-electron chi connectivity index (χ3n) is 5.76. The number of allylic oxidation sites excluding steroid dienone is 2. The molecule has 0 aromatic heterocycles. The maximum atomic E-state index is 2.54. The maximum Gasteiger partial charge on any atom is -0.0107 e. The quantitative estimate of drug-likeness (QED) is 0.507. The fourth-order valence-corrected chi connectivity index (χ4v) is 4.76. The van der Waals surface area contributed by atoms with E-state index in [-0.39, 0.29) is 0 Å². The summed E-state index contributed by atoms with van der Waals surface area (Å²) in [7, 11) is 0. The fourth-order valence-electron chi connectivity index (χ4n) is 4.76. The third-order valence-corrected chi connectivity index (χ3v) is 5.76. The minimum Gasteiger partial charge on any atom is -0.0733 e. The number of hydrogen-bond acceptors (Lipinski definition) is 0. The van der Waals surface area contributed by atoms with E-state index in [1.807, 2.05) is 5.57 Å². The molecule has 3 rings (SSSR count). The first-order valence-electron chi connectivity index (χ1n) is 6.67. The minimum absolute atomic E-state index is 0.595. The van der Waals surface area contributed by atoms with Gasteiger partial charge in [0.15, 0.2) is 0 Å². The van der Waals surface area contributed by atoms with Crippen LogP contribution in [-0.2, 0) is 0 Å². The second-order valence-corrected chi connectivity index (χ2v) is 7.05. The lowest BCUT2D eigenvalue weighted by Crippen LogP contribution is -2.28. The molecule has 0 nitrogen and oxygen atoms in total. The van der Waals surface area contributed by atoms with Gasteiger partial charge in [-0.3, -0.25) is 0 Å². The minimum atomic E-state index is 0.595. The van der Waals surface area contributed by atoms with Crippen LogP contribution in [0.15, 0.2) is 11.1 Å². The van der Waals surface area contributed by atoms with Crippen molar-refractivity contribution in [3.63, 3.8) is 0 Å². The van der Waals surface area contributed by atoms with Gasteiger partial charge in [0.2, 0.25) is 0 Å². The van der Waals surface area contributed by atoms with E-state index >= 15 is 0 Å². The van der Waals surface area contributed by atoms with Crippen LogP contribution in [0.3, 0.4) is 0 Å². The third kappa shape index (κ3) is 1.14. The largest absolute Gasteiger partial charge is 0.0733 e. The molecule has 3 aliphatic rings. The Balaban J connectivity index is 2.05. The Bertz CT molecular complexity index is 334. The molecule has 3 atom stereocenters. The highest BCUT2D eigenvalue weighted by molar-refractivity contribution is 5.36. The lowest BCUT2D eigenvalue weighted by molar-refractivity contribution is 0.250. The van der Waals surface area contributed by atoms with Crippen LogP contribution in [0, 0.1) is 22.7 Å². The number of rotatable bonds is 0. The molecule has 0 unspecified atom stereocenters. The van der Waals surface area contributed by atoms with Gasteiger partial charge in [0.1, 0.15) is 0 Å². The van der Waals surface area contributed by atoms with Crippen molar-refractivity contribution in [3.05, 3.63) is 11.1 Å². The smallest absolute Gasteiger partial charge is 0.0107 e. The Hall–Kier alpha value is -0.260. The first-order valence-corrected chi connectivity index (χ1v) is 6.67. The van der Waals surface area contributed by atoms with Crippen molar-refractivity contribution in [3.8, 4) is 0 Å². The Morgan fingerprint density at radius 3 is 2.60 bits per heavy atom. The molecule has 0 bridgehead atoms. The Morgan fingerprint density at radius 2 is 1.87 bits per heavy atom.